The zero-order valence-electron chi connectivity index (χ0n) is 28.3. The molecule has 0 saturated carbocycles. The van der Waals surface area contributed by atoms with Gasteiger partial charge in [-0.05, 0) is 0 Å². The van der Waals surface area contributed by atoms with E-state index in [9.17, 15) is 4.79 Å². The molecule has 2 aliphatic rings. The maximum absolute atomic E-state index is 11.9. The topological polar surface area (TPSA) is 156 Å². The van der Waals surface area contributed by atoms with Crippen LogP contribution in [0.15, 0.2) is 0 Å². The molecule has 0 aromatic heterocycles. The standard InChI is InChI=1S/C29H54O16/c1-31-13-17(35-5)22(20(36-6)16(12-30)34-4)44-29-27(41-11)25(39-9)23(19(43-29)15-33-3)45-28-26(40-10)24(38-8)21(37-7)18(42-28)14-32-2/h12,16-29H,13-15H2,1-11H3/t16-,17+,18+,19+,20+,21+,22+,23+,24-,25-,26+,27+,28+,29+/m0/s1. The van der Waals surface area contributed by atoms with Gasteiger partial charge in [-0.25, -0.2) is 0 Å². The van der Waals surface area contributed by atoms with Crippen molar-refractivity contribution >= 4 is 6.29 Å². The van der Waals surface area contributed by atoms with Crippen LogP contribution in [0.5, 0.6) is 0 Å². The lowest BCUT2D eigenvalue weighted by molar-refractivity contribution is -0.375. The molecule has 0 bridgehead atoms. The minimum absolute atomic E-state index is 0.0836. The molecule has 0 aromatic carbocycles. The van der Waals surface area contributed by atoms with Gasteiger partial charge in [0.25, 0.3) is 0 Å². The Hall–Kier alpha value is -0.930. The summed E-state index contributed by atoms with van der Waals surface area (Å²) in [7, 11) is 16.6. The molecule has 0 aliphatic carbocycles. The molecule has 2 fully saturated rings. The van der Waals surface area contributed by atoms with Crippen LogP contribution in [0, 0.1) is 0 Å². The maximum Gasteiger partial charge on any atom is 0.187 e. The average Bonchev–Trinajstić information content (AvgIpc) is 3.05. The third-order valence-electron chi connectivity index (χ3n) is 8.11. The number of hydrogen-bond donors (Lipinski definition) is 0. The molecule has 14 atom stereocenters. The third-order valence-corrected chi connectivity index (χ3v) is 8.11. The Morgan fingerprint density at radius 1 is 0.556 bits per heavy atom. The second kappa shape index (κ2) is 21.1. The summed E-state index contributed by atoms with van der Waals surface area (Å²) in [5.41, 5.74) is 0. The van der Waals surface area contributed by atoms with Crippen molar-refractivity contribution in [1.82, 2.24) is 0 Å². The van der Waals surface area contributed by atoms with Crippen LogP contribution in [0.2, 0.25) is 0 Å². The zero-order chi connectivity index (χ0) is 33.5. The molecule has 45 heavy (non-hydrogen) atoms. The summed E-state index contributed by atoms with van der Waals surface area (Å²) in [4.78, 5) is 11.9. The zero-order valence-corrected chi connectivity index (χ0v) is 28.3. The molecule has 16 nitrogen and oxygen atoms in total. The molecule has 2 aliphatic heterocycles. The Balaban J connectivity index is 2.48. The van der Waals surface area contributed by atoms with Crippen molar-refractivity contribution in [2.45, 2.75) is 85.8 Å². The van der Waals surface area contributed by atoms with E-state index in [0.29, 0.717) is 6.29 Å². The van der Waals surface area contributed by atoms with E-state index < -0.39 is 85.8 Å². The van der Waals surface area contributed by atoms with Crippen molar-refractivity contribution in [1.29, 1.82) is 0 Å². The van der Waals surface area contributed by atoms with Crippen molar-refractivity contribution in [2.75, 3.05) is 98.0 Å². The summed E-state index contributed by atoms with van der Waals surface area (Å²) >= 11 is 0. The number of aldehydes is 1. The lowest BCUT2D eigenvalue weighted by Crippen LogP contribution is -2.67. The third kappa shape index (κ3) is 9.81. The number of carbonyl (C=O) groups excluding carboxylic acids is 1. The van der Waals surface area contributed by atoms with E-state index in [1.165, 1.54) is 56.9 Å². The van der Waals surface area contributed by atoms with Crippen LogP contribution in [0.1, 0.15) is 0 Å². The van der Waals surface area contributed by atoms with Gasteiger partial charge in [-0.3, -0.25) is 0 Å². The van der Waals surface area contributed by atoms with E-state index in [4.69, 9.17) is 71.1 Å². The Kier molecular flexibility index (Phi) is 18.9. The molecule has 0 spiro atoms. The molecule has 0 N–H and O–H groups in total. The minimum atomic E-state index is -1.07. The van der Waals surface area contributed by atoms with Crippen molar-refractivity contribution in [3.05, 3.63) is 0 Å². The Morgan fingerprint density at radius 2 is 1.07 bits per heavy atom. The number of carbonyl (C=O) groups is 1. The molecule has 2 heterocycles. The quantitative estimate of drug-likeness (QED) is 0.137. The molecule has 0 radical (unpaired) electrons. The van der Waals surface area contributed by atoms with Crippen molar-refractivity contribution in [2.24, 2.45) is 0 Å². The number of hydrogen-bond acceptors (Lipinski definition) is 16. The monoisotopic (exact) mass is 658 g/mol. The van der Waals surface area contributed by atoms with E-state index >= 15 is 0 Å². The molecule has 266 valence electrons. The Bertz CT molecular complexity index is 793. The predicted octanol–water partition coefficient (Wildman–Crippen LogP) is -0.535. The summed E-state index contributed by atoms with van der Waals surface area (Å²) in [6.07, 6.45) is -10.3. The lowest BCUT2D eigenvalue weighted by Gasteiger charge is -2.50. The number of methoxy groups -OCH3 is 11. The normalized spacial score (nSPS) is 35.1. The SMILES string of the molecule is COC[C@H]1O[C@H](O[C@H]2[C@H](OC)[C@@H](OC)[C@@H](O[C@@H]([C@H](OC)[C@H](C=O)OC)[C@@H](COC)OC)O[C@@H]2COC)[C@H](OC)[C@@H](OC)[C@@H]1OC. The first kappa shape index (κ1) is 40.2. The fourth-order valence-electron chi connectivity index (χ4n) is 5.92. The smallest absolute Gasteiger partial charge is 0.187 e. The fourth-order valence-corrected chi connectivity index (χ4v) is 5.92. The highest BCUT2D eigenvalue weighted by Crippen LogP contribution is 2.35. The molecular formula is C29H54O16. The second-order valence-electron chi connectivity index (χ2n) is 10.5. The lowest BCUT2D eigenvalue weighted by atomic mass is 9.96. The van der Waals surface area contributed by atoms with Gasteiger partial charge in [0.1, 0.15) is 73.2 Å². The van der Waals surface area contributed by atoms with Crippen LogP contribution < -0.4 is 0 Å². The van der Waals surface area contributed by atoms with Gasteiger partial charge in [-0.2, -0.15) is 0 Å². The molecular weight excluding hydrogens is 604 g/mol. The fraction of sp³-hybridized carbons (Fsp3) is 0.966. The van der Waals surface area contributed by atoms with Gasteiger partial charge in [-0.1, -0.05) is 0 Å². The van der Waals surface area contributed by atoms with E-state index in [-0.39, 0.29) is 19.8 Å². The molecule has 2 saturated heterocycles. The first-order valence-electron chi connectivity index (χ1n) is 14.6. The van der Waals surface area contributed by atoms with Crippen LogP contribution in [-0.4, -0.2) is 190 Å². The van der Waals surface area contributed by atoms with Gasteiger partial charge < -0.3 is 75.8 Å². The predicted molar refractivity (Wildman–Crippen MR) is 155 cm³/mol. The molecule has 16 heteroatoms. The van der Waals surface area contributed by atoms with Crippen molar-refractivity contribution in [3.8, 4) is 0 Å². The molecule has 0 amide bonds. The largest absolute Gasteiger partial charge is 0.382 e. The van der Waals surface area contributed by atoms with Crippen LogP contribution in [0.25, 0.3) is 0 Å². The summed E-state index contributed by atoms with van der Waals surface area (Å²) in [5.74, 6) is 0. The van der Waals surface area contributed by atoms with Crippen molar-refractivity contribution in [3.63, 3.8) is 0 Å². The van der Waals surface area contributed by atoms with E-state index in [0.717, 1.165) is 0 Å². The summed E-state index contributed by atoms with van der Waals surface area (Å²) < 4.78 is 88.1. The van der Waals surface area contributed by atoms with Crippen LogP contribution in [0.3, 0.4) is 0 Å². The molecule has 0 aromatic rings. The highest BCUT2D eigenvalue weighted by molar-refractivity contribution is 5.57. The van der Waals surface area contributed by atoms with E-state index in [1.807, 2.05) is 0 Å². The number of rotatable bonds is 22. The summed E-state index contributed by atoms with van der Waals surface area (Å²) in [6.45, 7) is 0.417. The summed E-state index contributed by atoms with van der Waals surface area (Å²) in [6, 6.07) is 0. The van der Waals surface area contributed by atoms with Crippen LogP contribution in [-0.2, 0) is 75.8 Å². The van der Waals surface area contributed by atoms with Crippen molar-refractivity contribution < 1.29 is 75.8 Å². The minimum Gasteiger partial charge on any atom is -0.382 e. The highest BCUT2D eigenvalue weighted by atomic mass is 16.8. The summed E-state index contributed by atoms with van der Waals surface area (Å²) in [5, 5.41) is 0. The van der Waals surface area contributed by atoms with Gasteiger partial charge in [0.2, 0.25) is 0 Å². The highest BCUT2D eigenvalue weighted by Gasteiger charge is 2.54. The van der Waals surface area contributed by atoms with Gasteiger partial charge in [0.15, 0.2) is 18.9 Å². The Labute approximate surface area is 266 Å². The first-order valence-corrected chi connectivity index (χ1v) is 14.6. The average molecular weight is 659 g/mol. The first-order chi connectivity index (χ1) is 21.8. The molecule has 2 rings (SSSR count). The maximum atomic E-state index is 11.9. The van der Waals surface area contributed by atoms with Gasteiger partial charge in [0.05, 0.1) is 19.8 Å². The Morgan fingerprint density at radius 3 is 1.51 bits per heavy atom. The van der Waals surface area contributed by atoms with Crippen LogP contribution >= 0.6 is 0 Å². The van der Waals surface area contributed by atoms with E-state index in [1.54, 1.807) is 21.3 Å². The second-order valence-corrected chi connectivity index (χ2v) is 10.5. The van der Waals surface area contributed by atoms with E-state index in [2.05, 4.69) is 0 Å². The van der Waals surface area contributed by atoms with Crippen LogP contribution in [0.4, 0.5) is 0 Å². The number of ether oxygens (including phenoxy) is 15. The molecule has 0 unspecified atom stereocenters. The van der Waals surface area contributed by atoms with Gasteiger partial charge in [-0.15, -0.1) is 0 Å². The van der Waals surface area contributed by atoms with Gasteiger partial charge in [0, 0.05) is 78.2 Å². The van der Waals surface area contributed by atoms with Gasteiger partial charge >= 0.3 is 0 Å².